The molecule has 0 spiro atoms. The summed E-state index contributed by atoms with van der Waals surface area (Å²) in [6.07, 6.45) is 13.3. The topological polar surface area (TPSA) is 147 Å². The molecule has 1 aromatic rings. The van der Waals surface area contributed by atoms with Crippen molar-refractivity contribution in [1.29, 1.82) is 0 Å². The summed E-state index contributed by atoms with van der Waals surface area (Å²) in [6.45, 7) is 25.5. The Balaban J connectivity index is 0.984. The average molecular weight is 887 g/mol. The van der Waals surface area contributed by atoms with Crippen LogP contribution in [0.2, 0.25) is 0 Å². The van der Waals surface area contributed by atoms with Gasteiger partial charge in [0, 0.05) is 50.2 Å². The van der Waals surface area contributed by atoms with Gasteiger partial charge in [-0.3, -0.25) is 19.2 Å². The van der Waals surface area contributed by atoms with Gasteiger partial charge in [0.05, 0.1) is 0 Å². The predicted molar refractivity (Wildman–Crippen MR) is 245 cm³/mol. The first-order valence-electron chi connectivity index (χ1n) is 24.8. The SMILES string of the molecule is Cc1c2c(cc3c1C(=O)C=C1C3(C)CCC3(C)C4CC(C)C(=O)C(O)C4(C)CCC13C)OC1(O)C(=O)C=C3C(=CC=C4C3(C)CCC3(C)C5CC(C)C(=O)C(O)C5(C)CCC43C)C1(C)O2. The molecular formula is C56H70O9. The lowest BCUT2D eigenvalue weighted by Gasteiger charge is -2.70. The van der Waals surface area contributed by atoms with Crippen molar-refractivity contribution in [3.05, 3.63) is 69.4 Å². The van der Waals surface area contributed by atoms with Crippen molar-refractivity contribution in [2.45, 2.75) is 176 Å². The van der Waals surface area contributed by atoms with E-state index in [9.17, 15) is 34.5 Å². The van der Waals surface area contributed by atoms with Crippen LogP contribution >= 0.6 is 0 Å². The molecule has 348 valence electrons. The highest BCUT2D eigenvalue weighted by Gasteiger charge is 2.73. The highest BCUT2D eigenvalue weighted by Crippen LogP contribution is 2.77. The van der Waals surface area contributed by atoms with Crippen molar-refractivity contribution in [3.8, 4) is 11.5 Å². The third-order valence-electron chi connectivity index (χ3n) is 22.8. The van der Waals surface area contributed by atoms with E-state index in [2.05, 4.69) is 61.5 Å². The van der Waals surface area contributed by atoms with E-state index in [1.807, 2.05) is 39.0 Å². The van der Waals surface area contributed by atoms with Crippen LogP contribution in [0.1, 0.15) is 162 Å². The van der Waals surface area contributed by atoms with Crippen LogP contribution in [-0.2, 0) is 19.8 Å². The highest BCUT2D eigenvalue weighted by atomic mass is 16.7. The number of ether oxygens (including phenoxy) is 2. The smallest absolute Gasteiger partial charge is 0.317 e. The van der Waals surface area contributed by atoms with Crippen LogP contribution in [0.15, 0.2) is 52.7 Å². The minimum Gasteiger partial charge on any atom is -0.471 e. The van der Waals surface area contributed by atoms with E-state index in [4.69, 9.17) is 9.47 Å². The molecule has 65 heavy (non-hydrogen) atoms. The minimum atomic E-state index is -2.39. The van der Waals surface area contributed by atoms with Crippen molar-refractivity contribution in [2.24, 2.45) is 61.6 Å². The second-order valence-electron chi connectivity index (χ2n) is 25.3. The number of Topliss-reactive ketones (excluding diaryl/α,β-unsaturated/α-hetero) is 2. The highest BCUT2D eigenvalue weighted by molar-refractivity contribution is 6.10. The number of carbonyl (C=O) groups excluding carboxylic acids is 4. The molecule has 1 aliphatic heterocycles. The van der Waals surface area contributed by atoms with Crippen LogP contribution in [0, 0.1) is 68.5 Å². The van der Waals surface area contributed by atoms with E-state index in [0.717, 1.165) is 68.1 Å². The van der Waals surface area contributed by atoms with Crippen LogP contribution in [0.4, 0.5) is 0 Å². The number of hydrogen-bond acceptors (Lipinski definition) is 9. The third kappa shape index (κ3) is 4.64. The van der Waals surface area contributed by atoms with Crippen LogP contribution < -0.4 is 9.47 Å². The molecular weight excluding hydrogens is 817 g/mol. The maximum absolute atomic E-state index is 14.8. The molecule has 6 saturated carbocycles. The Morgan fingerprint density at radius 3 is 1.69 bits per heavy atom. The molecule has 0 saturated heterocycles. The van der Waals surface area contributed by atoms with Gasteiger partial charge in [-0.1, -0.05) is 87.0 Å². The fourth-order valence-electron chi connectivity index (χ4n) is 18.0. The molecule has 11 rings (SSSR count). The third-order valence-corrected chi connectivity index (χ3v) is 22.8. The molecule has 0 radical (unpaired) electrons. The Kier molecular flexibility index (Phi) is 8.44. The van der Waals surface area contributed by atoms with Crippen LogP contribution in [0.25, 0.3) is 0 Å². The summed E-state index contributed by atoms with van der Waals surface area (Å²) < 4.78 is 13.8. The number of carbonyl (C=O) groups is 4. The summed E-state index contributed by atoms with van der Waals surface area (Å²) in [5.41, 5.74) is 0.826. The lowest BCUT2D eigenvalue weighted by molar-refractivity contribution is -0.231. The number of ketones is 4. The Morgan fingerprint density at radius 2 is 1.14 bits per heavy atom. The van der Waals surface area contributed by atoms with E-state index in [1.54, 1.807) is 13.0 Å². The van der Waals surface area contributed by atoms with E-state index in [0.29, 0.717) is 35.3 Å². The van der Waals surface area contributed by atoms with Gasteiger partial charge in [-0.2, -0.15) is 0 Å². The second-order valence-corrected chi connectivity index (χ2v) is 25.3. The predicted octanol–water partition coefficient (Wildman–Crippen LogP) is 9.36. The molecule has 0 bridgehead atoms. The van der Waals surface area contributed by atoms with Crippen LogP contribution in [0.5, 0.6) is 11.5 Å². The van der Waals surface area contributed by atoms with Crippen LogP contribution in [0.3, 0.4) is 0 Å². The molecule has 9 heteroatoms. The number of aliphatic hydroxyl groups excluding tert-OH is 2. The minimum absolute atomic E-state index is 0.0427. The van der Waals surface area contributed by atoms with E-state index < -0.39 is 56.5 Å². The molecule has 0 aromatic heterocycles. The number of aliphatic hydroxyl groups is 3. The molecule has 9 nitrogen and oxygen atoms in total. The van der Waals surface area contributed by atoms with Gasteiger partial charge in [0.15, 0.2) is 28.8 Å². The quantitative estimate of drug-likeness (QED) is 0.232. The van der Waals surface area contributed by atoms with Gasteiger partial charge in [-0.25, -0.2) is 0 Å². The first kappa shape index (κ1) is 43.9. The zero-order valence-corrected chi connectivity index (χ0v) is 40.7. The number of benzene rings is 1. The maximum atomic E-state index is 14.8. The van der Waals surface area contributed by atoms with Gasteiger partial charge >= 0.3 is 5.79 Å². The van der Waals surface area contributed by atoms with E-state index in [-0.39, 0.29) is 63.0 Å². The fraction of sp³-hybridized carbons (Fsp3) is 0.679. The standard InChI is InChI=1S/C56H70O9/c1-28-23-37-49(6,45(61)42(28)59)17-21-51(8)36-14-13-31-32(47(36,4)15-19-52(37,51)9)26-40(58)56(63)55(31,12)65-44-30(3)41-33(25-35(44)64-56)48(5)16-20-53(10)38-24-29(2)43(60)46(62)50(38,7)18-22-54(53,11)39(48)27-34(41)57/h13-14,25-29,37-38,45-46,61-63H,15-24H2,1-12H3. The Morgan fingerprint density at radius 1 is 0.615 bits per heavy atom. The van der Waals surface area contributed by atoms with E-state index in [1.165, 1.54) is 5.57 Å². The number of hydrogen-bond donors (Lipinski definition) is 3. The molecule has 1 aromatic carbocycles. The summed E-state index contributed by atoms with van der Waals surface area (Å²) in [7, 11) is 0. The van der Waals surface area contributed by atoms with Crippen molar-refractivity contribution >= 4 is 23.1 Å². The van der Waals surface area contributed by atoms with E-state index >= 15 is 0 Å². The second kappa shape index (κ2) is 12.5. The van der Waals surface area contributed by atoms with Gasteiger partial charge in [0.2, 0.25) is 11.4 Å². The molecule has 1 heterocycles. The van der Waals surface area contributed by atoms with Crippen molar-refractivity contribution in [1.82, 2.24) is 0 Å². The summed E-state index contributed by atoms with van der Waals surface area (Å²) in [6, 6.07) is 1.86. The molecule has 10 aliphatic rings. The zero-order valence-electron chi connectivity index (χ0n) is 40.7. The average Bonchev–Trinajstić information content (AvgIpc) is 3.25. The first-order chi connectivity index (χ1) is 30.1. The lowest BCUT2D eigenvalue weighted by atomic mass is 9.34. The zero-order chi connectivity index (χ0) is 47.0. The molecule has 6 fully saturated rings. The van der Waals surface area contributed by atoms with Crippen molar-refractivity contribution in [3.63, 3.8) is 0 Å². The number of allylic oxidation sites excluding steroid dienone is 5. The summed E-state index contributed by atoms with van der Waals surface area (Å²) in [5.74, 6) is -2.81. The molecule has 3 N–H and O–H groups in total. The van der Waals surface area contributed by atoms with Gasteiger partial charge in [0.1, 0.15) is 12.2 Å². The number of rotatable bonds is 0. The van der Waals surface area contributed by atoms with Crippen LogP contribution in [-0.4, -0.2) is 62.0 Å². The summed E-state index contributed by atoms with van der Waals surface area (Å²) in [5, 5.41) is 35.7. The number of fused-ring (bicyclic) bond motifs is 17. The van der Waals surface area contributed by atoms with Crippen molar-refractivity contribution < 1.29 is 44.0 Å². The monoisotopic (exact) mass is 887 g/mol. The Labute approximate surface area is 384 Å². The molecule has 9 aliphatic carbocycles. The van der Waals surface area contributed by atoms with Gasteiger partial charge in [-0.05, 0) is 146 Å². The maximum Gasteiger partial charge on any atom is 0.317 e. The lowest BCUT2D eigenvalue weighted by Crippen LogP contribution is -2.70. The Hall–Kier alpha value is -3.66. The molecule has 16 unspecified atom stereocenters. The first-order valence-corrected chi connectivity index (χ1v) is 24.8. The van der Waals surface area contributed by atoms with Gasteiger partial charge < -0.3 is 24.8 Å². The molecule has 16 atom stereocenters. The summed E-state index contributed by atoms with van der Waals surface area (Å²) >= 11 is 0. The Bertz CT molecular complexity index is 2620. The largest absolute Gasteiger partial charge is 0.471 e. The van der Waals surface area contributed by atoms with Gasteiger partial charge in [-0.15, -0.1) is 0 Å². The van der Waals surface area contributed by atoms with Crippen molar-refractivity contribution in [2.75, 3.05) is 0 Å². The van der Waals surface area contributed by atoms with Gasteiger partial charge in [0.25, 0.3) is 0 Å². The normalized spacial score (nSPS) is 51.4. The molecule has 0 amide bonds. The summed E-state index contributed by atoms with van der Waals surface area (Å²) in [4.78, 5) is 56.0. The fourth-order valence-corrected chi connectivity index (χ4v) is 18.0.